The predicted octanol–water partition coefficient (Wildman–Crippen LogP) is 23.2. The summed E-state index contributed by atoms with van der Waals surface area (Å²) in [5.74, 6) is 0.957. The molecule has 17 nitrogen and oxygen atoms in total. The maximum absolute atomic E-state index is 13.1. The fraction of sp³-hybridized carbons (Fsp3) is 0.949. The van der Waals surface area contributed by atoms with E-state index >= 15 is 0 Å². The molecule has 0 aromatic rings. The van der Waals surface area contributed by atoms with Crippen molar-refractivity contribution in [2.45, 2.75) is 420 Å². The lowest BCUT2D eigenvalue weighted by Crippen LogP contribution is -2.30. The molecule has 0 saturated heterocycles. The summed E-state index contributed by atoms with van der Waals surface area (Å²) in [6.45, 7) is 14.2. The van der Waals surface area contributed by atoms with Crippen LogP contribution in [0.2, 0.25) is 0 Å². The molecule has 0 aromatic carbocycles. The van der Waals surface area contributed by atoms with Crippen LogP contribution in [0.4, 0.5) is 0 Å². The average molecular weight is 1440 g/mol. The van der Waals surface area contributed by atoms with Gasteiger partial charge in [0, 0.05) is 25.7 Å². The van der Waals surface area contributed by atoms with E-state index in [4.69, 9.17) is 37.0 Å². The predicted molar refractivity (Wildman–Crippen MR) is 400 cm³/mol. The van der Waals surface area contributed by atoms with Crippen LogP contribution in [-0.4, -0.2) is 96.7 Å². The molecule has 0 spiro atoms. The highest BCUT2D eigenvalue weighted by atomic mass is 31.2. The maximum Gasteiger partial charge on any atom is 0.472 e. The Morgan fingerprint density at radius 1 is 0.286 bits per heavy atom. The summed E-state index contributed by atoms with van der Waals surface area (Å²) in [4.78, 5) is 72.9. The molecule has 0 amide bonds. The zero-order valence-electron chi connectivity index (χ0n) is 64.4. The molecule has 0 radical (unpaired) electrons. The van der Waals surface area contributed by atoms with Gasteiger partial charge in [-0.2, -0.15) is 0 Å². The SMILES string of the molecule is CCC(C)CCCCCCCCC(=O)OC[C@H](COP(=O)(O)OC[C@H](O)COP(=O)(O)OC[C@@H](COC(=O)CCCCCCCCCCCCCCCCCCC(C)C)OC(=O)CCCCCCCCCCCCCCCCC(C)C)OC(=O)CCCCCCCCCCCC(C)C. The van der Waals surface area contributed by atoms with Crippen molar-refractivity contribution >= 4 is 39.5 Å². The molecule has 0 bridgehead atoms. The number of unbranched alkanes of at least 4 members (excludes halogenated alkanes) is 41. The Hall–Kier alpha value is -1.94. The van der Waals surface area contributed by atoms with Gasteiger partial charge in [-0.1, -0.05) is 351 Å². The number of phosphoric acid groups is 2. The average Bonchev–Trinajstić information content (AvgIpc) is 1.01. The largest absolute Gasteiger partial charge is 0.472 e. The molecule has 0 saturated carbocycles. The molecular weight excluding hydrogens is 1280 g/mol. The lowest BCUT2D eigenvalue weighted by molar-refractivity contribution is -0.161. The Kier molecular flexibility index (Phi) is 66.8. The number of rotatable bonds is 76. The third-order valence-electron chi connectivity index (χ3n) is 18.7. The number of ether oxygens (including phenoxy) is 4. The first-order chi connectivity index (χ1) is 47.1. The minimum absolute atomic E-state index is 0.104. The van der Waals surface area contributed by atoms with E-state index in [9.17, 15) is 43.2 Å². The number of aliphatic hydroxyl groups is 1. The number of hydrogen-bond donors (Lipinski definition) is 3. The third-order valence-corrected chi connectivity index (χ3v) is 20.6. The van der Waals surface area contributed by atoms with Crippen LogP contribution >= 0.6 is 15.6 Å². The lowest BCUT2D eigenvalue weighted by Gasteiger charge is -2.21. The molecular formula is C79H154O17P2. The first kappa shape index (κ1) is 96.1. The van der Waals surface area contributed by atoms with Gasteiger partial charge < -0.3 is 33.8 Å². The van der Waals surface area contributed by atoms with Crippen molar-refractivity contribution in [3.63, 3.8) is 0 Å². The molecule has 0 aliphatic heterocycles. The fourth-order valence-corrected chi connectivity index (χ4v) is 13.6. The van der Waals surface area contributed by atoms with Gasteiger partial charge in [0.15, 0.2) is 12.2 Å². The van der Waals surface area contributed by atoms with Gasteiger partial charge in [0.1, 0.15) is 19.3 Å². The van der Waals surface area contributed by atoms with E-state index in [1.54, 1.807) is 0 Å². The van der Waals surface area contributed by atoms with Crippen LogP contribution in [0.3, 0.4) is 0 Å². The minimum atomic E-state index is -4.96. The van der Waals surface area contributed by atoms with Crippen molar-refractivity contribution in [1.29, 1.82) is 0 Å². The number of carbonyl (C=O) groups excluding carboxylic acids is 4. The highest BCUT2D eigenvalue weighted by Crippen LogP contribution is 2.45. The molecule has 0 heterocycles. The van der Waals surface area contributed by atoms with Crippen molar-refractivity contribution in [2.75, 3.05) is 39.6 Å². The summed E-state index contributed by atoms with van der Waals surface area (Å²) in [6, 6.07) is 0. The summed E-state index contributed by atoms with van der Waals surface area (Å²) in [7, 11) is -9.92. The Labute approximate surface area is 600 Å². The van der Waals surface area contributed by atoms with Gasteiger partial charge in [0.25, 0.3) is 0 Å². The Morgan fingerprint density at radius 2 is 0.490 bits per heavy atom. The number of carbonyl (C=O) groups is 4. The molecule has 19 heteroatoms. The van der Waals surface area contributed by atoms with Crippen molar-refractivity contribution in [3.05, 3.63) is 0 Å². The smallest absolute Gasteiger partial charge is 0.462 e. The Morgan fingerprint density at radius 3 is 0.724 bits per heavy atom. The second-order valence-electron chi connectivity index (χ2n) is 30.1. The van der Waals surface area contributed by atoms with E-state index in [-0.39, 0.29) is 25.7 Å². The van der Waals surface area contributed by atoms with E-state index in [2.05, 4.69) is 55.4 Å². The van der Waals surface area contributed by atoms with Crippen LogP contribution in [0.5, 0.6) is 0 Å². The van der Waals surface area contributed by atoms with Gasteiger partial charge in [0.2, 0.25) is 0 Å². The van der Waals surface area contributed by atoms with Gasteiger partial charge in [-0.15, -0.1) is 0 Å². The van der Waals surface area contributed by atoms with E-state index in [0.29, 0.717) is 25.7 Å². The monoisotopic (exact) mass is 1440 g/mol. The van der Waals surface area contributed by atoms with Crippen LogP contribution in [0, 0.1) is 23.7 Å². The standard InChI is InChI=1S/C79H154O17P2/c1-9-72(8)58-50-42-37-38-44-52-60-77(82)90-66-75(96-79(84)62-54-46-36-30-24-27-33-41-49-57-71(6)7)68-94-98(87,88)92-64-73(80)63-91-97(85,86)93-67-74(95-78(83)61-53-45-35-29-23-19-15-14-17-21-26-32-40-48-56-70(4)5)65-89-76(81)59-51-43-34-28-22-18-13-11-10-12-16-20-25-31-39-47-55-69(2)3/h69-75,80H,9-68H2,1-8H3,(H,85,86)(H,87,88)/t72?,73-,74-,75-/m1/s1. The van der Waals surface area contributed by atoms with Crippen LogP contribution in [-0.2, 0) is 65.4 Å². The van der Waals surface area contributed by atoms with Gasteiger partial charge in [-0.05, 0) is 49.4 Å². The zero-order valence-corrected chi connectivity index (χ0v) is 66.2. The quantitative estimate of drug-likeness (QED) is 0.0222. The molecule has 6 atom stereocenters. The van der Waals surface area contributed by atoms with Crippen molar-refractivity contribution in [1.82, 2.24) is 0 Å². The van der Waals surface area contributed by atoms with Crippen molar-refractivity contribution in [2.24, 2.45) is 23.7 Å². The molecule has 582 valence electrons. The first-order valence-electron chi connectivity index (χ1n) is 40.7. The molecule has 0 aromatic heterocycles. The maximum atomic E-state index is 13.1. The molecule has 0 rings (SSSR count). The molecule has 0 aliphatic carbocycles. The number of esters is 4. The highest BCUT2D eigenvalue weighted by molar-refractivity contribution is 7.47. The molecule has 3 N–H and O–H groups in total. The van der Waals surface area contributed by atoms with E-state index in [0.717, 1.165) is 120 Å². The molecule has 98 heavy (non-hydrogen) atoms. The number of aliphatic hydroxyl groups excluding tert-OH is 1. The topological polar surface area (TPSA) is 237 Å². The third kappa shape index (κ3) is 71.1. The van der Waals surface area contributed by atoms with Crippen LogP contribution in [0.25, 0.3) is 0 Å². The summed E-state index contributed by atoms with van der Waals surface area (Å²) in [6.07, 6.45) is 54.2. The van der Waals surface area contributed by atoms with E-state index in [1.807, 2.05) is 0 Å². The number of phosphoric ester groups is 2. The van der Waals surface area contributed by atoms with Gasteiger partial charge >= 0.3 is 39.5 Å². The molecule has 0 aliphatic rings. The van der Waals surface area contributed by atoms with Gasteiger partial charge in [-0.3, -0.25) is 37.3 Å². The zero-order chi connectivity index (χ0) is 72.4. The van der Waals surface area contributed by atoms with Gasteiger partial charge in [0.05, 0.1) is 26.4 Å². The van der Waals surface area contributed by atoms with E-state index < -0.39 is 97.5 Å². The summed E-state index contributed by atoms with van der Waals surface area (Å²) >= 11 is 0. The first-order valence-corrected chi connectivity index (χ1v) is 43.7. The summed E-state index contributed by atoms with van der Waals surface area (Å²) in [5.41, 5.74) is 0. The highest BCUT2D eigenvalue weighted by Gasteiger charge is 2.30. The fourth-order valence-electron chi connectivity index (χ4n) is 12.0. The van der Waals surface area contributed by atoms with Crippen LogP contribution in [0.15, 0.2) is 0 Å². The van der Waals surface area contributed by atoms with Crippen molar-refractivity contribution in [3.8, 4) is 0 Å². The molecule has 0 fully saturated rings. The van der Waals surface area contributed by atoms with Crippen LogP contribution in [0.1, 0.15) is 402 Å². The lowest BCUT2D eigenvalue weighted by atomic mass is 10.00. The Bertz CT molecular complexity index is 1920. The van der Waals surface area contributed by atoms with Crippen LogP contribution < -0.4 is 0 Å². The summed E-state index contributed by atoms with van der Waals surface area (Å²) < 4.78 is 68.6. The van der Waals surface area contributed by atoms with E-state index in [1.165, 1.54) is 199 Å². The number of hydrogen-bond acceptors (Lipinski definition) is 15. The summed E-state index contributed by atoms with van der Waals surface area (Å²) in [5, 5.41) is 10.6. The molecule has 3 unspecified atom stereocenters. The Balaban J connectivity index is 5.23. The second kappa shape index (κ2) is 68.2. The van der Waals surface area contributed by atoms with Crippen molar-refractivity contribution < 1.29 is 80.2 Å². The normalized spacial score (nSPS) is 14.3. The van der Waals surface area contributed by atoms with Gasteiger partial charge in [-0.25, -0.2) is 9.13 Å². The second-order valence-corrected chi connectivity index (χ2v) is 33.0. The minimum Gasteiger partial charge on any atom is -0.462 e.